The average Bonchev–Trinajstić information content (AvgIpc) is 3.16. The number of halogens is 1. The molecule has 0 radical (unpaired) electrons. The summed E-state index contributed by atoms with van der Waals surface area (Å²) in [6, 6.07) is 10.0. The standard InChI is InChI=1S/C20H20ClN3O5S2/c1-13-2-4-15(18(10-13)31(26,27)24-6-8-28-9-7-24)22-19(25)12-30-20-23-16-11-14(21)3-5-17(16)29-20/h2-5,10-11H,6-9,12H2,1H3,(H,22,25). The number of carbonyl (C=O) groups excluding carboxylic acids is 1. The van der Waals surface area contributed by atoms with E-state index in [-0.39, 0.29) is 35.3 Å². The van der Waals surface area contributed by atoms with E-state index in [1.165, 1.54) is 4.31 Å². The van der Waals surface area contributed by atoms with Crippen LogP contribution in [-0.4, -0.2) is 55.7 Å². The Morgan fingerprint density at radius 1 is 1.23 bits per heavy atom. The topological polar surface area (TPSA) is 102 Å². The highest BCUT2D eigenvalue weighted by Gasteiger charge is 2.29. The van der Waals surface area contributed by atoms with Crippen molar-refractivity contribution in [1.29, 1.82) is 0 Å². The molecule has 1 aliphatic heterocycles. The Morgan fingerprint density at radius 2 is 2.00 bits per heavy atom. The van der Waals surface area contributed by atoms with Gasteiger partial charge in [-0.2, -0.15) is 4.31 Å². The maximum absolute atomic E-state index is 13.1. The SMILES string of the molecule is Cc1ccc(NC(=O)CSc2nc3cc(Cl)ccc3o2)c(S(=O)(=O)N2CCOCC2)c1. The van der Waals surface area contributed by atoms with Crippen molar-refractivity contribution in [2.24, 2.45) is 0 Å². The zero-order valence-electron chi connectivity index (χ0n) is 16.6. The van der Waals surface area contributed by atoms with Gasteiger partial charge in [-0.1, -0.05) is 29.4 Å². The first kappa shape index (κ1) is 22.1. The van der Waals surface area contributed by atoms with E-state index < -0.39 is 10.0 Å². The molecule has 1 aromatic heterocycles. The Balaban J connectivity index is 1.48. The van der Waals surface area contributed by atoms with Crippen LogP contribution in [0.15, 0.2) is 50.9 Å². The zero-order chi connectivity index (χ0) is 22.0. The number of thioether (sulfide) groups is 1. The van der Waals surface area contributed by atoms with Crippen LogP contribution in [0.3, 0.4) is 0 Å². The summed E-state index contributed by atoms with van der Waals surface area (Å²) < 4.78 is 38.5. The van der Waals surface area contributed by atoms with Gasteiger partial charge in [0, 0.05) is 18.1 Å². The quantitative estimate of drug-likeness (QED) is 0.537. The first-order valence-corrected chi connectivity index (χ1v) is 12.3. The predicted molar refractivity (Wildman–Crippen MR) is 119 cm³/mol. The van der Waals surface area contributed by atoms with Gasteiger partial charge in [0.15, 0.2) is 5.58 Å². The van der Waals surface area contributed by atoms with Crippen LogP contribution in [-0.2, 0) is 19.6 Å². The number of aromatic nitrogens is 1. The number of rotatable bonds is 6. The number of ether oxygens (including phenoxy) is 1. The van der Waals surface area contributed by atoms with Gasteiger partial charge in [0.2, 0.25) is 15.9 Å². The fraction of sp³-hybridized carbons (Fsp3) is 0.300. The number of hydrogen-bond acceptors (Lipinski definition) is 7. The predicted octanol–water partition coefficient (Wildman–Crippen LogP) is 3.54. The molecule has 2 aromatic carbocycles. The minimum atomic E-state index is -3.76. The van der Waals surface area contributed by atoms with Gasteiger partial charge < -0.3 is 14.5 Å². The lowest BCUT2D eigenvalue weighted by Gasteiger charge is -2.27. The molecule has 0 bridgehead atoms. The van der Waals surface area contributed by atoms with Crippen molar-refractivity contribution in [2.75, 3.05) is 37.4 Å². The number of carbonyl (C=O) groups is 1. The summed E-state index contributed by atoms with van der Waals surface area (Å²) in [7, 11) is -3.76. The lowest BCUT2D eigenvalue weighted by Crippen LogP contribution is -2.41. The molecular formula is C20H20ClN3O5S2. The van der Waals surface area contributed by atoms with Crippen LogP contribution in [0.25, 0.3) is 11.1 Å². The van der Waals surface area contributed by atoms with E-state index in [0.717, 1.165) is 17.3 Å². The summed E-state index contributed by atoms with van der Waals surface area (Å²) in [6.07, 6.45) is 0. The summed E-state index contributed by atoms with van der Waals surface area (Å²) in [5.41, 5.74) is 2.20. The molecule has 1 saturated heterocycles. The number of nitrogens with zero attached hydrogens (tertiary/aromatic N) is 2. The Bertz CT molecular complexity index is 1220. The monoisotopic (exact) mass is 481 g/mol. The summed E-state index contributed by atoms with van der Waals surface area (Å²) >= 11 is 7.07. The van der Waals surface area contributed by atoms with Gasteiger partial charge in [0.25, 0.3) is 5.22 Å². The molecule has 2 heterocycles. The Kier molecular flexibility index (Phi) is 6.54. The second kappa shape index (κ2) is 9.17. The van der Waals surface area contributed by atoms with Gasteiger partial charge in [-0.25, -0.2) is 13.4 Å². The van der Waals surface area contributed by atoms with E-state index in [2.05, 4.69) is 10.3 Å². The summed E-state index contributed by atoms with van der Waals surface area (Å²) in [5.74, 6) is -0.363. The Hall–Kier alpha value is -2.11. The third kappa shape index (κ3) is 5.04. The number of aryl methyl sites for hydroxylation is 1. The lowest BCUT2D eigenvalue weighted by molar-refractivity contribution is -0.113. The number of benzene rings is 2. The van der Waals surface area contributed by atoms with Crippen molar-refractivity contribution in [3.05, 3.63) is 47.0 Å². The van der Waals surface area contributed by atoms with Crippen LogP contribution in [0.2, 0.25) is 5.02 Å². The van der Waals surface area contributed by atoms with Gasteiger partial charge in [-0.15, -0.1) is 0 Å². The third-order valence-electron chi connectivity index (χ3n) is 4.66. The van der Waals surface area contributed by atoms with Crippen LogP contribution in [0.1, 0.15) is 5.56 Å². The van der Waals surface area contributed by atoms with Gasteiger partial charge in [0.1, 0.15) is 10.4 Å². The molecule has 0 aliphatic carbocycles. The number of oxazole rings is 1. The van der Waals surface area contributed by atoms with Crippen molar-refractivity contribution in [3.8, 4) is 0 Å². The second-order valence-corrected chi connectivity index (χ2v) is 10.2. The summed E-state index contributed by atoms with van der Waals surface area (Å²) in [4.78, 5) is 16.9. The van der Waals surface area contributed by atoms with E-state index in [1.54, 1.807) is 43.3 Å². The molecule has 0 saturated carbocycles. The van der Waals surface area contributed by atoms with Crippen molar-refractivity contribution in [3.63, 3.8) is 0 Å². The average molecular weight is 482 g/mol. The summed E-state index contributed by atoms with van der Waals surface area (Å²) in [6.45, 7) is 3.06. The fourth-order valence-electron chi connectivity index (χ4n) is 3.13. The normalized spacial score (nSPS) is 15.3. The highest BCUT2D eigenvalue weighted by Crippen LogP contribution is 2.28. The molecule has 1 fully saturated rings. The molecule has 0 spiro atoms. The highest BCUT2D eigenvalue weighted by molar-refractivity contribution is 7.99. The van der Waals surface area contributed by atoms with Gasteiger partial charge in [-0.3, -0.25) is 4.79 Å². The zero-order valence-corrected chi connectivity index (χ0v) is 19.0. The van der Waals surface area contributed by atoms with Crippen LogP contribution < -0.4 is 5.32 Å². The Labute approximate surface area is 189 Å². The van der Waals surface area contributed by atoms with Crippen LogP contribution >= 0.6 is 23.4 Å². The van der Waals surface area contributed by atoms with E-state index in [4.69, 9.17) is 20.8 Å². The third-order valence-corrected chi connectivity index (χ3v) is 7.66. The minimum absolute atomic E-state index is 0.00543. The van der Waals surface area contributed by atoms with Crippen LogP contribution in [0, 0.1) is 6.92 Å². The first-order valence-electron chi connectivity index (χ1n) is 9.50. The van der Waals surface area contributed by atoms with E-state index in [0.29, 0.717) is 34.6 Å². The van der Waals surface area contributed by atoms with Crippen molar-refractivity contribution >= 4 is 56.1 Å². The summed E-state index contributed by atoms with van der Waals surface area (Å²) in [5, 5.41) is 3.58. The van der Waals surface area contributed by atoms with Crippen molar-refractivity contribution in [1.82, 2.24) is 9.29 Å². The molecule has 164 valence electrons. The first-order chi connectivity index (χ1) is 14.8. The number of nitrogens with one attached hydrogen (secondary N) is 1. The smallest absolute Gasteiger partial charge is 0.257 e. The maximum atomic E-state index is 13.1. The van der Waals surface area contributed by atoms with Gasteiger partial charge >= 0.3 is 0 Å². The number of sulfonamides is 1. The lowest BCUT2D eigenvalue weighted by atomic mass is 10.2. The molecule has 31 heavy (non-hydrogen) atoms. The minimum Gasteiger partial charge on any atom is -0.431 e. The van der Waals surface area contributed by atoms with Gasteiger partial charge in [-0.05, 0) is 42.8 Å². The maximum Gasteiger partial charge on any atom is 0.257 e. The number of fused-ring (bicyclic) bond motifs is 1. The molecular weight excluding hydrogens is 462 g/mol. The molecule has 3 aromatic rings. The molecule has 1 N–H and O–H groups in total. The molecule has 4 rings (SSSR count). The molecule has 11 heteroatoms. The van der Waals surface area contributed by atoms with E-state index in [9.17, 15) is 13.2 Å². The second-order valence-electron chi connectivity index (χ2n) is 6.94. The molecule has 0 unspecified atom stereocenters. The number of amides is 1. The van der Waals surface area contributed by atoms with Gasteiger partial charge in [0.05, 0.1) is 24.7 Å². The number of morpholine rings is 1. The van der Waals surface area contributed by atoms with Crippen molar-refractivity contribution < 1.29 is 22.4 Å². The van der Waals surface area contributed by atoms with Crippen LogP contribution in [0.5, 0.6) is 0 Å². The molecule has 8 nitrogen and oxygen atoms in total. The van der Waals surface area contributed by atoms with Crippen molar-refractivity contribution in [2.45, 2.75) is 17.0 Å². The Morgan fingerprint density at radius 3 is 2.77 bits per heavy atom. The van der Waals surface area contributed by atoms with Crippen LogP contribution in [0.4, 0.5) is 5.69 Å². The fourth-order valence-corrected chi connectivity index (χ4v) is 5.57. The number of hydrogen-bond donors (Lipinski definition) is 1. The number of anilines is 1. The van der Waals surface area contributed by atoms with E-state index >= 15 is 0 Å². The van der Waals surface area contributed by atoms with E-state index in [1.807, 2.05) is 0 Å². The highest BCUT2D eigenvalue weighted by atomic mass is 35.5. The largest absolute Gasteiger partial charge is 0.431 e. The molecule has 1 aliphatic rings. The molecule has 1 amide bonds. The molecule has 0 atom stereocenters.